The molecule has 1 unspecified atom stereocenters. The van der Waals surface area contributed by atoms with Gasteiger partial charge in [-0.2, -0.15) is 0 Å². The van der Waals surface area contributed by atoms with Crippen molar-refractivity contribution in [3.05, 3.63) is 29.7 Å². The molecule has 0 spiro atoms. The predicted molar refractivity (Wildman–Crippen MR) is 116 cm³/mol. The topological polar surface area (TPSA) is 89.3 Å². The van der Waals surface area contributed by atoms with Crippen LogP contribution in [0.1, 0.15) is 51.1 Å². The molecule has 3 aromatic rings. The van der Waals surface area contributed by atoms with Gasteiger partial charge in [0.1, 0.15) is 28.0 Å². The molecule has 3 heterocycles. The highest BCUT2D eigenvalue weighted by Crippen LogP contribution is 2.42. The number of imidazole rings is 1. The molecule has 1 aliphatic carbocycles. The molecule has 5 rings (SSSR count). The monoisotopic (exact) mass is 426 g/mol. The third kappa shape index (κ3) is 3.58. The van der Waals surface area contributed by atoms with Crippen LogP contribution in [0.2, 0.25) is 0 Å². The molecular weight excluding hydrogens is 400 g/mol. The Kier molecular flexibility index (Phi) is 4.59. The first kappa shape index (κ1) is 19.5. The van der Waals surface area contributed by atoms with Gasteiger partial charge >= 0.3 is 0 Å². The maximum Gasteiger partial charge on any atom is 0.220 e. The lowest BCUT2D eigenvalue weighted by Crippen LogP contribution is -2.25. The van der Waals surface area contributed by atoms with Gasteiger partial charge in [-0.25, -0.2) is 9.97 Å². The number of aliphatic hydroxyl groups is 1. The number of hydrogen-bond donors (Lipinski definition) is 2. The Bertz CT molecular complexity index is 1110. The summed E-state index contributed by atoms with van der Waals surface area (Å²) in [4.78, 5) is 21.7. The highest BCUT2D eigenvalue weighted by atomic mass is 32.1. The van der Waals surface area contributed by atoms with Crippen molar-refractivity contribution >= 4 is 28.3 Å². The first-order chi connectivity index (χ1) is 14.3. The molecule has 1 saturated carbocycles. The lowest BCUT2D eigenvalue weighted by molar-refractivity contribution is -0.119. The Hall–Kier alpha value is -2.45. The molecule has 7 nitrogen and oxygen atoms in total. The van der Waals surface area contributed by atoms with Crippen LogP contribution in [0.3, 0.4) is 0 Å². The summed E-state index contributed by atoms with van der Waals surface area (Å²) < 4.78 is 8.67. The van der Waals surface area contributed by atoms with E-state index in [-0.39, 0.29) is 17.9 Å². The van der Waals surface area contributed by atoms with Crippen LogP contribution in [0.4, 0.5) is 0 Å². The van der Waals surface area contributed by atoms with Gasteiger partial charge in [0.05, 0.1) is 16.7 Å². The first-order valence-electron chi connectivity index (χ1n) is 10.4. The van der Waals surface area contributed by atoms with Gasteiger partial charge < -0.3 is 19.7 Å². The van der Waals surface area contributed by atoms with E-state index in [1.165, 1.54) is 11.3 Å². The van der Waals surface area contributed by atoms with Crippen LogP contribution in [-0.2, 0) is 10.4 Å². The smallest absolute Gasteiger partial charge is 0.220 e. The van der Waals surface area contributed by atoms with Crippen LogP contribution in [0.25, 0.3) is 21.5 Å². The number of aromatic nitrogens is 3. The van der Waals surface area contributed by atoms with Gasteiger partial charge in [-0.05, 0) is 51.3 Å². The van der Waals surface area contributed by atoms with Crippen molar-refractivity contribution in [2.24, 2.45) is 5.92 Å². The van der Waals surface area contributed by atoms with Crippen molar-refractivity contribution in [1.29, 1.82) is 0 Å². The number of nitrogens with one attached hydrogen (secondary N) is 1. The van der Waals surface area contributed by atoms with E-state index < -0.39 is 5.60 Å². The highest BCUT2D eigenvalue weighted by molar-refractivity contribution is 7.15. The van der Waals surface area contributed by atoms with Crippen LogP contribution in [-0.4, -0.2) is 38.2 Å². The first-order valence-corrected chi connectivity index (χ1v) is 11.2. The molecule has 8 heteroatoms. The van der Waals surface area contributed by atoms with Crippen molar-refractivity contribution in [2.45, 2.75) is 57.8 Å². The summed E-state index contributed by atoms with van der Waals surface area (Å²) in [5.41, 5.74) is 1.90. The van der Waals surface area contributed by atoms with Gasteiger partial charge in [-0.3, -0.25) is 4.79 Å². The summed E-state index contributed by atoms with van der Waals surface area (Å²) in [5.74, 6) is 1.02. The number of nitrogens with zero attached hydrogens (tertiary/aromatic N) is 3. The standard InChI is InChI=1S/C22H26N4O3S/c1-12(14-8-19(27)23-9-14)29-17-7-13(18-10-24-21(30-18)22(2,3)28)6-16-20(17)26(11-25-16)15-4-5-15/h6-7,10-12,14-15,28H,4-5,8-9H2,1-3H3,(H,23,27)/t12?,14-/m1/s1. The zero-order valence-electron chi connectivity index (χ0n) is 17.4. The maximum absolute atomic E-state index is 11.6. The number of ether oxygens (including phenoxy) is 1. The zero-order valence-corrected chi connectivity index (χ0v) is 18.2. The molecule has 2 atom stereocenters. The third-order valence-electron chi connectivity index (χ3n) is 5.87. The average molecular weight is 427 g/mol. The quantitative estimate of drug-likeness (QED) is 0.628. The molecule has 1 saturated heterocycles. The number of thiazole rings is 1. The van der Waals surface area contributed by atoms with Gasteiger partial charge in [-0.15, -0.1) is 11.3 Å². The zero-order chi connectivity index (χ0) is 21.0. The molecule has 0 bridgehead atoms. The van der Waals surface area contributed by atoms with Crippen LogP contribution in [0, 0.1) is 5.92 Å². The SMILES string of the molecule is CC(Oc1cc(-c2cnc(C(C)(C)O)s2)cc2ncn(C3CC3)c12)[C@H]1CNC(=O)C1. The molecule has 1 aromatic carbocycles. The number of carbonyl (C=O) groups is 1. The summed E-state index contributed by atoms with van der Waals surface area (Å²) in [6.07, 6.45) is 6.41. The average Bonchev–Trinajstić information content (AvgIpc) is 3.10. The van der Waals surface area contributed by atoms with E-state index in [0.29, 0.717) is 24.0 Å². The van der Waals surface area contributed by atoms with Crippen molar-refractivity contribution in [1.82, 2.24) is 19.9 Å². The summed E-state index contributed by atoms with van der Waals surface area (Å²) in [6, 6.07) is 4.60. The molecule has 1 amide bonds. The molecule has 158 valence electrons. The molecule has 2 fully saturated rings. The fourth-order valence-corrected chi connectivity index (χ4v) is 4.85. The molecule has 2 aliphatic rings. The summed E-state index contributed by atoms with van der Waals surface area (Å²) >= 11 is 1.47. The second-order valence-corrected chi connectivity index (χ2v) is 9.94. The van der Waals surface area contributed by atoms with Gasteiger partial charge in [0, 0.05) is 31.1 Å². The van der Waals surface area contributed by atoms with Crippen LogP contribution >= 0.6 is 11.3 Å². The number of hydrogen-bond acceptors (Lipinski definition) is 6. The summed E-state index contributed by atoms with van der Waals surface area (Å²) in [6.45, 7) is 6.15. The molecule has 1 aliphatic heterocycles. The highest BCUT2D eigenvalue weighted by Gasteiger charge is 2.31. The van der Waals surface area contributed by atoms with Crippen LogP contribution in [0.15, 0.2) is 24.7 Å². The second kappa shape index (κ2) is 7.06. The van der Waals surface area contributed by atoms with Gasteiger partial charge in [0.2, 0.25) is 5.91 Å². The lowest BCUT2D eigenvalue weighted by atomic mass is 10.0. The van der Waals surface area contributed by atoms with Crippen LogP contribution < -0.4 is 10.1 Å². The molecule has 2 N–H and O–H groups in total. The van der Waals surface area contributed by atoms with Crippen molar-refractivity contribution in [2.75, 3.05) is 6.54 Å². The van der Waals surface area contributed by atoms with E-state index in [4.69, 9.17) is 4.74 Å². The van der Waals surface area contributed by atoms with Gasteiger partial charge in [-0.1, -0.05) is 0 Å². The second-order valence-electron chi connectivity index (χ2n) is 8.91. The minimum Gasteiger partial charge on any atom is -0.488 e. The summed E-state index contributed by atoms with van der Waals surface area (Å²) in [5, 5.41) is 13.9. The minimum absolute atomic E-state index is 0.0844. The Morgan fingerprint density at radius 1 is 1.33 bits per heavy atom. The molecule has 0 radical (unpaired) electrons. The van der Waals surface area contributed by atoms with E-state index >= 15 is 0 Å². The van der Waals surface area contributed by atoms with Crippen LogP contribution in [0.5, 0.6) is 5.75 Å². The predicted octanol–water partition coefficient (Wildman–Crippen LogP) is 3.63. The normalized spacial score (nSPS) is 20.5. The minimum atomic E-state index is -0.976. The fraction of sp³-hybridized carbons (Fsp3) is 0.500. The number of carbonyl (C=O) groups excluding carboxylic acids is 1. The number of rotatable bonds is 6. The maximum atomic E-state index is 11.6. The lowest BCUT2D eigenvalue weighted by Gasteiger charge is -2.21. The van der Waals surface area contributed by atoms with E-state index in [1.807, 2.05) is 19.3 Å². The summed E-state index contributed by atoms with van der Waals surface area (Å²) in [7, 11) is 0. The van der Waals surface area contributed by atoms with E-state index in [0.717, 1.165) is 40.1 Å². The number of fused-ring (bicyclic) bond motifs is 1. The Labute approximate surface area is 179 Å². The van der Waals surface area contributed by atoms with E-state index in [1.54, 1.807) is 20.0 Å². The van der Waals surface area contributed by atoms with E-state index in [2.05, 4.69) is 25.9 Å². The molecule has 30 heavy (non-hydrogen) atoms. The fourth-order valence-electron chi connectivity index (χ4n) is 3.94. The Morgan fingerprint density at radius 2 is 2.13 bits per heavy atom. The van der Waals surface area contributed by atoms with Crippen molar-refractivity contribution in [3.8, 4) is 16.2 Å². The van der Waals surface area contributed by atoms with Crippen molar-refractivity contribution < 1.29 is 14.6 Å². The van der Waals surface area contributed by atoms with Gasteiger partial charge in [0.15, 0.2) is 0 Å². The third-order valence-corrected chi connectivity index (χ3v) is 7.23. The van der Waals surface area contributed by atoms with Gasteiger partial charge in [0.25, 0.3) is 0 Å². The molecule has 2 aromatic heterocycles. The Morgan fingerprint density at radius 3 is 2.77 bits per heavy atom. The number of benzene rings is 1. The number of amides is 1. The Balaban J connectivity index is 1.55. The largest absolute Gasteiger partial charge is 0.488 e. The van der Waals surface area contributed by atoms with Crippen molar-refractivity contribution in [3.63, 3.8) is 0 Å². The van der Waals surface area contributed by atoms with E-state index in [9.17, 15) is 9.90 Å². The molecular formula is C22H26N4O3S.